The first-order valence-corrected chi connectivity index (χ1v) is 11.2. The molecule has 0 saturated carbocycles. The number of anilines is 1. The van der Waals surface area contributed by atoms with Crippen molar-refractivity contribution in [3.63, 3.8) is 0 Å². The molecule has 32 heavy (non-hydrogen) atoms. The van der Waals surface area contributed by atoms with Gasteiger partial charge in [0.15, 0.2) is 5.11 Å². The van der Waals surface area contributed by atoms with E-state index in [9.17, 15) is 0 Å². The number of hydrogen-bond donors (Lipinski definition) is 1. The van der Waals surface area contributed by atoms with Crippen molar-refractivity contribution < 1.29 is 4.42 Å². The van der Waals surface area contributed by atoms with Crippen molar-refractivity contribution in [2.24, 2.45) is 0 Å². The summed E-state index contributed by atoms with van der Waals surface area (Å²) in [5, 5.41) is 4.83. The van der Waals surface area contributed by atoms with Gasteiger partial charge in [0.1, 0.15) is 17.6 Å². The molecular weight excluding hydrogens is 438 g/mol. The molecular formula is C26H22ClN3OS. The third-order valence-electron chi connectivity index (χ3n) is 5.86. The smallest absolute Gasteiger partial charge is 0.174 e. The summed E-state index contributed by atoms with van der Waals surface area (Å²) >= 11 is 12.1. The number of rotatable bonds is 4. The molecule has 0 unspecified atom stereocenters. The standard InChI is InChI=1S/C26H22ClN3OS/c1-16-9-11-18(12-10-16)30-25(24(29-26(30)32)21-8-3-4-15-28-21)23-14-13-22(31-23)19-6-5-7-20(27)17(19)2/h3-15,24-25H,1-2H3,(H,29,32)/t24-,25-/m0/s1. The van der Waals surface area contributed by atoms with Crippen LogP contribution in [-0.2, 0) is 0 Å². The first-order chi connectivity index (χ1) is 15.5. The number of aryl methyl sites for hydroxylation is 1. The first-order valence-electron chi connectivity index (χ1n) is 10.5. The maximum atomic E-state index is 6.44. The molecule has 0 aliphatic carbocycles. The average Bonchev–Trinajstić information content (AvgIpc) is 3.41. The summed E-state index contributed by atoms with van der Waals surface area (Å²) in [6, 6.07) is 23.8. The van der Waals surface area contributed by atoms with Gasteiger partial charge in [0, 0.05) is 22.5 Å². The van der Waals surface area contributed by atoms with Gasteiger partial charge in [-0.1, -0.05) is 47.5 Å². The lowest BCUT2D eigenvalue weighted by atomic mass is 10.0. The molecule has 6 heteroatoms. The molecule has 2 aromatic carbocycles. The molecule has 5 rings (SSSR count). The van der Waals surface area contributed by atoms with Crippen LogP contribution in [0, 0.1) is 13.8 Å². The van der Waals surface area contributed by atoms with Gasteiger partial charge in [0.05, 0.1) is 11.7 Å². The van der Waals surface area contributed by atoms with Gasteiger partial charge in [-0.05, 0) is 74.1 Å². The molecule has 2 atom stereocenters. The zero-order valence-corrected chi connectivity index (χ0v) is 19.3. The monoisotopic (exact) mass is 459 g/mol. The lowest BCUT2D eigenvalue weighted by molar-refractivity contribution is 0.439. The molecule has 1 aliphatic rings. The molecule has 160 valence electrons. The number of nitrogens with one attached hydrogen (secondary N) is 1. The second kappa shape index (κ2) is 8.41. The van der Waals surface area contributed by atoms with E-state index in [1.807, 2.05) is 55.5 Å². The molecule has 3 heterocycles. The third-order valence-corrected chi connectivity index (χ3v) is 6.59. The second-order valence-corrected chi connectivity index (χ2v) is 8.74. The topological polar surface area (TPSA) is 41.3 Å². The van der Waals surface area contributed by atoms with E-state index in [0.717, 1.165) is 39.1 Å². The van der Waals surface area contributed by atoms with Crippen LogP contribution in [0.15, 0.2) is 83.4 Å². The number of nitrogens with zero attached hydrogens (tertiary/aromatic N) is 2. The van der Waals surface area contributed by atoms with Gasteiger partial charge in [0.25, 0.3) is 0 Å². The Kier molecular flexibility index (Phi) is 5.45. The minimum atomic E-state index is -0.187. The minimum absolute atomic E-state index is 0.149. The van der Waals surface area contributed by atoms with E-state index in [1.54, 1.807) is 6.20 Å². The number of furan rings is 1. The highest BCUT2D eigenvalue weighted by Gasteiger charge is 2.42. The van der Waals surface area contributed by atoms with Crippen molar-refractivity contribution in [3.05, 3.63) is 107 Å². The third kappa shape index (κ3) is 3.68. The predicted molar refractivity (Wildman–Crippen MR) is 133 cm³/mol. The van der Waals surface area contributed by atoms with E-state index in [2.05, 4.69) is 46.4 Å². The molecule has 0 spiro atoms. The quantitative estimate of drug-likeness (QED) is 0.340. The fraction of sp³-hybridized carbons (Fsp3) is 0.154. The molecule has 4 nitrogen and oxygen atoms in total. The fourth-order valence-corrected chi connectivity index (χ4v) is 4.68. The van der Waals surface area contributed by atoms with E-state index in [-0.39, 0.29) is 12.1 Å². The van der Waals surface area contributed by atoms with Gasteiger partial charge < -0.3 is 14.6 Å². The first kappa shape index (κ1) is 20.7. The van der Waals surface area contributed by atoms with E-state index in [1.165, 1.54) is 5.56 Å². The molecule has 0 radical (unpaired) electrons. The highest BCUT2D eigenvalue weighted by atomic mass is 35.5. The maximum Gasteiger partial charge on any atom is 0.174 e. The van der Waals surface area contributed by atoms with Gasteiger partial charge in [-0.2, -0.15) is 0 Å². The van der Waals surface area contributed by atoms with Crippen molar-refractivity contribution >= 4 is 34.6 Å². The summed E-state index contributed by atoms with van der Waals surface area (Å²) in [6.07, 6.45) is 1.80. The van der Waals surface area contributed by atoms with Gasteiger partial charge >= 0.3 is 0 Å². The molecule has 0 bridgehead atoms. The largest absolute Gasteiger partial charge is 0.459 e. The SMILES string of the molecule is Cc1ccc(N2C(=S)N[C@@H](c3ccccn3)[C@@H]2c2ccc(-c3cccc(Cl)c3C)o2)cc1. The Morgan fingerprint density at radius 1 is 0.969 bits per heavy atom. The highest BCUT2D eigenvalue weighted by molar-refractivity contribution is 7.80. The molecule has 1 aliphatic heterocycles. The van der Waals surface area contributed by atoms with Crippen molar-refractivity contribution in [2.45, 2.75) is 25.9 Å². The number of hydrogen-bond acceptors (Lipinski definition) is 3. The Bertz CT molecular complexity index is 1270. The number of thiocarbonyl (C=S) groups is 1. The summed E-state index contributed by atoms with van der Waals surface area (Å²) in [6.45, 7) is 4.08. The number of aromatic nitrogens is 1. The normalized spacial score (nSPS) is 18.1. The van der Waals surface area contributed by atoms with Gasteiger partial charge in [0.2, 0.25) is 0 Å². The molecule has 4 aromatic rings. The highest BCUT2D eigenvalue weighted by Crippen LogP contribution is 2.43. The van der Waals surface area contributed by atoms with Crippen LogP contribution in [0.3, 0.4) is 0 Å². The minimum Gasteiger partial charge on any atom is -0.459 e. The van der Waals surface area contributed by atoms with E-state index >= 15 is 0 Å². The second-order valence-electron chi connectivity index (χ2n) is 7.95. The zero-order chi connectivity index (χ0) is 22.2. The molecule has 1 saturated heterocycles. The summed E-state index contributed by atoms with van der Waals surface area (Å²) in [4.78, 5) is 6.71. The summed E-state index contributed by atoms with van der Waals surface area (Å²) in [5.74, 6) is 1.59. The zero-order valence-electron chi connectivity index (χ0n) is 17.7. The maximum absolute atomic E-state index is 6.44. The summed E-state index contributed by atoms with van der Waals surface area (Å²) in [5.41, 5.74) is 5.08. The number of benzene rings is 2. The van der Waals surface area contributed by atoms with Crippen LogP contribution < -0.4 is 10.2 Å². The van der Waals surface area contributed by atoms with Crippen LogP contribution in [0.1, 0.15) is 34.7 Å². The van der Waals surface area contributed by atoms with Gasteiger partial charge in [-0.15, -0.1) is 0 Å². The Hall–Kier alpha value is -3.15. The van der Waals surface area contributed by atoms with Crippen molar-refractivity contribution in [1.29, 1.82) is 0 Å². The van der Waals surface area contributed by atoms with Crippen molar-refractivity contribution in [2.75, 3.05) is 4.90 Å². The average molecular weight is 460 g/mol. The number of pyridine rings is 1. The number of halogens is 1. The van der Waals surface area contributed by atoms with Crippen LogP contribution in [0.2, 0.25) is 5.02 Å². The fourth-order valence-electron chi connectivity index (χ4n) is 4.16. The van der Waals surface area contributed by atoms with Crippen LogP contribution in [0.5, 0.6) is 0 Å². The lowest BCUT2D eigenvalue weighted by Gasteiger charge is -2.26. The Balaban J connectivity index is 1.61. The predicted octanol–water partition coefficient (Wildman–Crippen LogP) is 6.79. The van der Waals surface area contributed by atoms with Crippen LogP contribution in [0.4, 0.5) is 5.69 Å². The Labute approximate surface area is 197 Å². The van der Waals surface area contributed by atoms with E-state index in [4.69, 9.17) is 28.2 Å². The Morgan fingerprint density at radius 2 is 1.78 bits per heavy atom. The van der Waals surface area contributed by atoms with Crippen LogP contribution in [0.25, 0.3) is 11.3 Å². The van der Waals surface area contributed by atoms with Crippen molar-refractivity contribution in [1.82, 2.24) is 10.3 Å². The van der Waals surface area contributed by atoms with Gasteiger partial charge in [-0.25, -0.2) is 0 Å². The van der Waals surface area contributed by atoms with E-state index in [0.29, 0.717) is 5.11 Å². The molecule has 2 aromatic heterocycles. The molecule has 0 amide bonds. The van der Waals surface area contributed by atoms with Crippen LogP contribution >= 0.6 is 23.8 Å². The summed E-state index contributed by atoms with van der Waals surface area (Å²) < 4.78 is 6.44. The lowest BCUT2D eigenvalue weighted by Crippen LogP contribution is -2.29. The van der Waals surface area contributed by atoms with Crippen LogP contribution in [-0.4, -0.2) is 10.1 Å². The van der Waals surface area contributed by atoms with Gasteiger partial charge in [-0.3, -0.25) is 4.98 Å². The summed E-state index contributed by atoms with van der Waals surface area (Å²) in [7, 11) is 0. The molecule has 1 fully saturated rings. The molecule has 1 N–H and O–H groups in total. The Morgan fingerprint density at radius 3 is 2.53 bits per heavy atom. The van der Waals surface area contributed by atoms with E-state index < -0.39 is 0 Å². The van der Waals surface area contributed by atoms with Crippen molar-refractivity contribution in [3.8, 4) is 11.3 Å².